The Bertz CT molecular complexity index is 260. The topological polar surface area (TPSA) is 12.5 Å². The van der Waals surface area contributed by atoms with Gasteiger partial charge in [-0.2, -0.15) is 4.84 Å². The van der Waals surface area contributed by atoms with E-state index in [-0.39, 0.29) is 0 Å². The van der Waals surface area contributed by atoms with E-state index in [0.717, 1.165) is 0 Å². The third kappa shape index (κ3) is 3.33. The maximum atomic E-state index is 11.7. The number of nitrogens with zero attached hydrogens (tertiary/aromatic N) is 1. The number of alkyl halides is 3. The summed E-state index contributed by atoms with van der Waals surface area (Å²) in [5, 5.41) is 0.667. The van der Waals surface area contributed by atoms with Crippen LogP contribution in [0.4, 0.5) is 18.9 Å². The fourth-order valence-corrected chi connectivity index (χ4v) is 0.846. The molecule has 0 bridgehead atoms. The van der Waals surface area contributed by atoms with Gasteiger partial charge in [-0.3, -0.25) is 0 Å². The molecule has 0 aliphatic rings. The van der Waals surface area contributed by atoms with E-state index < -0.39 is 6.36 Å². The van der Waals surface area contributed by atoms with Crippen molar-refractivity contribution in [1.29, 1.82) is 0 Å². The normalized spacial score (nSPS) is 11.4. The molecule has 0 saturated carbocycles. The maximum absolute atomic E-state index is 11.7. The lowest BCUT2D eigenvalue weighted by molar-refractivity contribution is -0.328. The highest BCUT2D eigenvalue weighted by molar-refractivity contribution is 5.42. The molecule has 0 aliphatic carbocycles. The van der Waals surface area contributed by atoms with E-state index in [1.54, 1.807) is 18.2 Å². The van der Waals surface area contributed by atoms with Crippen LogP contribution >= 0.6 is 0 Å². The molecule has 13 heavy (non-hydrogen) atoms. The summed E-state index contributed by atoms with van der Waals surface area (Å²) in [5.41, 5.74) is 0.347. The molecular weight excluding hydrogens is 183 g/mol. The van der Waals surface area contributed by atoms with Crippen molar-refractivity contribution in [2.45, 2.75) is 6.36 Å². The molecule has 1 aromatic rings. The lowest BCUT2D eigenvalue weighted by atomic mass is 10.3. The standard InChI is InChI=1S/C8H8F3NO/c1-12(13-8(9,10)11)7-5-3-2-4-6-7/h2-6H,1H3. The van der Waals surface area contributed by atoms with Crippen LogP contribution in [0.3, 0.4) is 0 Å². The van der Waals surface area contributed by atoms with Crippen LogP contribution in [0.2, 0.25) is 0 Å². The lowest BCUT2D eigenvalue weighted by Crippen LogP contribution is -2.27. The smallest absolute Gasteiger partial charge is 0.249 e. The number of hydrogen-bond acceptors (Lipinski definition) is 2. The molecule has 2 nitrogen and oxygen atoms in total. The summed E-state index contributed by atoms with van der Waals surface area (Å²) in [4.78, 5) is 3.66. The SMILES string of the molecule is CN(OC(F)(F)F)c1ccccc1. The molecule has 0 atom stereocenters. The summed E-state index contributed by atoms with van der Waals surface area (Å²) in [6, 6.07) is 8.01. The van der Waals surface area contributed by atoms with Gasteiger partial charge in [0.1, 0.15) is 0 Å². The van der Waals surface area contributed by atoms with Crippen molar-refractivity contribution < 1.29 is 18.0 Å². The second kappa shape index (κ2) is 3.66. The molecule has 0 aromatic heterocycles. The van der Waals surface area contributed by atoms with Crippen LogP contribution in [0, 0.1) is 0 Å². The highest BCUT2D eigenvalue weighted by Crippen LogP contribution is 2.21. The van der Waals surface area contributed by atoms with Gasteiger partial charge in [0.15, 0.2) is 0 Å². The minimum Gasteiger partial charge on any atom is -0.249 e. The highest BCUT2D eigenvalue weighted by atomic mass is 19.4. The number of hydroxylamine groups is 1. The van der Waals surface area contributed by atoms with Gasteiger partial charge in [-0.05, 0) is 12.1 Å². The van der Waals surface area contributed by atoms with Crippen LogP contribution in [-0.2, 0) is 4.84 Å². The van der Waals surface area contributed by atoms with Crippen molar-refractivity contribution in [1.82, 2.24) is 0 Å². The summed E-state index contributed by atoms with van der Waals surface area (Å²) in [7, 11) is 1.20. The van der Waals surface area contributed by atoms with E-state index in [0.29, 0.717) is 10.8 Å². The summed E-state index contributed by atoms with van der Waals surface area (Å²) >= 11 is 0. The molecular formula is C8H8F3NO. The molecule has 1 aromatic carbocycles. The zero-order valence-electron chi connectivity index (χ0n) is 6.88. The van der Waals surface area contributed by atoms with Gasteiger partial charge >= 0.3 is 6.36 Å². The Morgan fingerprint density at radius 3 is 2.15 bits per heavy atom. The molecule has 5 heteroatoms. The first-order valence-electron chi connectivity index (χ1n) is 3.54. The number of hydrogen-bond donors (Lipinski definition) is 0. The molecule has 0 saturated heterocycles. The second-order valence-electron chi connectivity index (χ2n) is 2.37. The van der Waals surface area contributed by atoms with Gasteiger partial charge in [0, 0.05) is 7.05 Å². The number of benzene rings is 1. The van der Waals surface area contributed by atoms with Crippen LogP contribution in [-0.4, -0.2) is 13.4 Å². The molecule has 0 heterocycles. The van der Waals surface area contributed by atoms with Crippen LogP contribution < -0.4 is 5.06 Å². The lowest BCUT2D eigenvalue weighted by Gasteiger charge is -2.19. The van der Waals surface area contributed by atoms with Gasteiger partial charge in [-0.1, -0.05) is 18.2 Å². The Hall–Kier alpha value is -1.23. The molecule has 0 amide bonds. The molecule has 0 aliphatic heterocycles. The first-order chi connectivity index (χ1) is 5.99. The van der Waals surface area contributed by atoms with Crippen molar-refractivity contribution in [3.8, 4) is 0 Å². The van der Waals surface area contributed by atoms with Gasteiger partial charge in [0.05, 0.1) is 5.69 Å². The summed E-state index contributed by atoms with van der Waals surface area (Å²) in [6.45, 7) is 0. The van der Waals surface area contributed by atoms with Gasteiger partial charge in [0.25, 0.3) is 0 Å². The van der Waals surface area contributed by atoms with Crippen molar-refractivity contribution in [2.75, 3.05) is 12.1 Å². The van der Waals surface area contributed by atoms with Crippen LogP contribution in [0.25, 0.3) is 0 Å². The van der Waals surface area contributed by atoms with Gasteiger partial charge in [0.2, 0.25) is 0 Å². The third-order valence-corrected chi connectivity index (χ3v) is 1.36. The number of anilines is 1. The van der Waals surface area contributed by atoms with E-state index in [4.69, 9.17) is 0 Å². The Kier molecular flexibility index (Phi) is 2.77. The molecule has 0 unspecified atom stereocenters. The largest absolute Gasteiger partial charge is 0.544 e. The Labute approximate surface area is 73.5 Å². The minimum absolute atomic E-state index is 0.347. The van der Waals surface area contributed by atoms with Crippen LogP contribution in [0.1, 0.15) is 0 Å². The first kappa shape index (κ1) is 9.85. The summed E-state index contributed by atoms with van der Waals surface area (Å²) < 4.78 is 35.2. The fourth-order valence-electron chi connectivity index (χ4n) is 0.846. The number of rotatable bonds is 2. The van der Waals surface area contributed by atoms with Gasteiger partial charge < -0.3 is 0 Å². The summed E-state index contributed by atoms with van der Waals surface area (Å²) in [5.74, 6) is 0. The van der Waals surface area contributed by atoms with E-state index in [9.17, 15) is 13.2 Å². The third-order valence-electron chi connectivity index (χ3n) is 1.36. The molecule has 0 spiro atoms. The second-order valence-corrected chi connectivity index (χ2v) is 2.37. The molecule has 0 N–H and O–H groups in total. The molecule has 0 radical (unpaired) electrons. The fraction of sp³-hybridized carbons (Fsp3) is 0.250. The summed E-state index contributed by atoms with van der Waals surface area (Å²) in [6.07, 6.45) is -4.65. The van der Waals surface area contributed by atoms with Crippen molar-refractivity contribution in [3.05, 3.63) is 30.3 Å². The average Bonchev–Trinajstić information content (AvgIpc) is 2.03. The van der Waals surface area contributed by atoms with E-state index in [1.807, 2.05) is 0 Å². The molecule has 0 fully saturated rings. The predicted octanol–water partition coefficient (Wildman–Crippen LogP) is 2.57. The predicted molar refractivity (Wildman–Crippen MR) is 42.0 cm³/mol. The number of halogens is 3. The van der Waals surface area contributed by atoms with Crippen LogP contribution in [0.15, 0.2) is 30.3 Å². The van der Waals surface area contributed by atoms with Crippen molar-refractivity contribution in [3.63, 3.8) is 0 Å². The van der Waals surface area contributed by atoms with Gasteiger partial charge in [-0.25, -0.2) is 5.06 Å². The Morgan fingerprint density at radius 2 is 1.69 bits per heavy atom. The maximum Gasteiger partial charge on any atom is 0.544 e. The van der Waals surface area contributed by atoms with Crippen LogP contribution in [0.5, 0.6) is 0 Å². The van der Waals surface area contributed by atoms with E-state index in [1.165, 1.54) is 19.2 Å². The average molecular weight is 191 g/mol. The number of para-hydroxylation sites is 1. The zero-order chi connectivity index (χ0) is 9.90. The Balaban J connectivity index is 2.64. The van der Waals surface area contributed by atoms with E-state index >= 15 is 0 Å². The van der Waals surface area contributed by atoms with Gasteiger partial charge in [-0.15, -0.1) is 13.2 Å². The minimum atomic E-state index is -4.65. The highest BCUT2D eigenvalue weighted by Gasteiger charge is 2.32. The Morgan fingerprint density at radius 1 is 1.15 bits per heavy atom. The molecule has 1 rings (SSSR count). The first-order valence-corrected chi connectivity index (χ1v) is 3.54. The quantitative estimate of drug-likeness (QED) is 0.666. The van der Waals surface area contributed by atoms with Crippen molar-refractivity contribution >= 4 is 5.69 Å². The zero-order valence-corrected chi connectivity index (χ0v) is 6.88. The monoisotopic (exact) mass is 191 g/mol. The molecule has 72 valence electrons. The van der Waals surface area contributed by atoms with Crippen molar-refractivity contribution in [2.24, 2.45) is 0 Å². The van der Waals surface area contributed by atoms with E-state index in [2.05, 4.69) is 4.84 Å².